The molecule has 17 heavy (non-hydrogen) atoms. The van der Waals surface area contributed by atoms with E-state index in [0.717, 1.165) is 12.8 Å². The van der Waals surface area contributed by atoms with Crippen molar-refractivity contribution in [1.82, 2.24) is 5.32 Å². The van der Waals surface area contributed by atoms with E-state index in [0.29, 0.717) is 6.04 Å². The Morgan fingerprint density at radius 2 is 2.24 bits per heavy atom. The van der Waals surface area contributed by atoms with E-state index in [1.165, 1.54) is 6.07 Å². The first kappa shape index (κ1) is 11.9. The molecule has 4 heteroatoms. The SMILES string of the molecule is CC(C#N)(COc1ccccc1F)NC1CC1. The minimum Gasteiger partial charge on any atom is -0.487 e. The number of benzene rings is 1. The molecule has 0 radical (unpaired) electrons. The first-order valence-corrected chi connectivity index (χ1v) is 5.69. The molecule has 1 aromatic rings. The van der Waals surface area contributed by atoms with Crippen LogP contribution in [0.5, 0.6) is 5.75 Å². The summed E-state index contributed by atoms with van der Waals surface area (Å²) >= 11 is 0. The summed E-state index contributed by atoms with van der Waals surface area (Å²) in [5, 5.41) is 12.3. The van der Waals surface area contributed by atoms with E-state index in [2.05, 4.69) is 11.4 Å². The van der Waals surface area contributed by atoms with Gasteiger partial charge in [0.1, 0.15) is 12.1 Å². The van der Waals surface area contributed by atoms with Gasteiger partial charge in [0, 0.05) is 6.04 Å². The first-order valence-electron chi connectivity index (χ1n) is 5.69. The molecule has 0 aliphatic heterocycles. The molecule has 1 saturated carbocycles. The third-order valence-electron chi connectivity index (χ3n) is 2.70. The Balaban J connectivity index is 1.96. The van der Waals surface area contributed by atoms with Crippen molar-refractivity contribution in [2.45, 2.75) is 31.3 Å². The molecule has 1 N–H and O–H groups in total. The van der Waals surface area contributed by atoms with Crippen LogP contribution >= 0.6 is 0 Å². The predicted octanol–water partition coefficient (Wildman–Crippen LogP) is 2.24. The third kappa shape index (κ3) is 3.18. The van der Waals surface area contributed by atoms with E-state index in [4.69, 9.17) is 10.00 Å². The lowest BCUT2D eigenvalue weighted by Gasteiger charge is -2.23. The highest BCUT2D eigenvalue weighted by molar-refractivity contribution is 5.24. The van der Waals surface area contributed by atoms with Crippen LogP contribution in [0, 0.1) is 17.1 Å². The van der Waals surface area contributed by atoms with Crippen LogP contribution in [0.4, 0.5) is 4.39 Å². The fourth-order valence-electron chi connectivity index (χ4n) is 1.57. The molecular formula is C13H15FN2O. The third-order valence-corrected chi connectivity index (χ3v) is 2.70. The van der Waals surface area contributed by atoms with Crippen molar-refractivity contribution in [3.05, 3.63) is 30.1 Å². The lowest BCUT2D eigenvalue weighted by atomic mass is 10.1. The molecule has 2 rings (SSSR count). The highest BCUT2D eigenvalue weighted by atomic mass is 19.1. The Labute approximate surface area is 100 Å². The predicted molar refractivity (Wildman–Crippen MR) is 62.1 cm³/mol. The molecule has 3 nitrogen and oxygen atoms in total. The molecule has 1 fully saturated rings. The Morgan fingerprint density at radius 1 is 1.53 bits per heavy atom. The van der Waals surface area contributed by atoms with Gasteiger partial charge in [0.05, 0.1) is 6.07 Å². The molecule has 0 bridgehead atoms. The molecule has 0 aromatic heterocycles. The van der Waals surface area contributed by atoms with E-state index in [1.54, 1.807) is 25.1 Å². The molecule has 0 spiro atoms. The molecule has 1 aliphatic rings. The minimum atomic E-state index is -0.760. The van der Waals surface area contributed by atoms with Crippen LogP contribution in [0.25, 0.3) is 0 Å². The summed E-state index contributed by atoms with van der Waals surface area (Å²) in [6, 6.07) is 8.80. The quantitative estimate of drug-likeness (QED) is 0.849. The molecule has 0 amide bonds. The van der Waals surface area contributed by atoms with E-state index in [9.17, 15) is 4.39 Å². The Bertz CT molecular complexity index is 439. The van der Waals surface area contributed by atoms with Crippen LogP contribution in [0.15, 0.2) is 24.3 Å². The summed E-state index contributed by atoms with van der Waals surface area (Å²) < 4.78 is 18.7. The normalized spacial score (nSPS) is 18.2. The van der Waals surface area contributed by atoms with Crippen LogP contribution < -0.4 is 10.1 Å². The van der Waals surface area contributed by atoms with Gasteiger partial charge in [-0.15, -0.1) is 0 Å². The van der Waals surface area contributed by atoms with Crippen molar-refractivity contribution in [2.24, 2.45) is 0 Å². The Morgan fingerprint density at radius 3 is 2.82 bits per heavy atom. The van der Waals surface area contributed by atoms with Gasteiger partial charge in [-0.2, -0.15) is 5.26 Å². The molecule has 1 aliphatic carbocycles. The summed E-state index contributed by atoms with van der Waals surface area (Å²) in [6.45, 7) is 1.91. The second kappa shape index (κ2) is 4.72. The van der Waals surface area contributed by atoms with Crippen molar-refractivity contribution >= 4 is 0 Å². The zero-order valence-corrected chi connectivity index (χ0v) is 9.74. The lowest BCUT2D eigenvalue weighted by Crippen LogP contribution is -2.47. The number of nitrogens with one attached hydrogen (secondary N) is 1. The van der Waals surface area contributed by atoms with Crippen LogP contribution in [-0.2, 0) is 0 Å². The van der Waals surface area contributed by atoms with Crippen molar-refractivity contribution in [3.63, 3.8) is 0 Å². The van der Waals surface area contributed by atoms with Crippen LogP contribution in [-0.4, -0.2) is 18.2 Å². The topological polar surface area (TPSA) is 45.0 Å². The van der Waals surface area contributed by atoms with Gasteiger partial charge < -0.3 is 4.74 Å². The smallest absolute Gasteiger partial charge is 0.165 e. The summed E-state index contributed by atoms with van der Waals surface area (Å²) in [4.78, 5) is 0. The van der Waals surface area contributed by atoms with Gasteiger partial charge in [0.15, 0.2) is 11.6 Å². The maximum Gasteiger partial charge on any atom is 0.165 e. The first-order chi connectivity index (χ1) is 8.13. The van der Waals surface area contributed by atoms with Crippen molar-refractivity contribution in [3.8, 4) is 11.8 Å². The number of nitrogens with zero attached hydrogens (tertiary/aromatic N) is 1. The fourth-order valence-corrected chi connectivity index (χ4v) is 1.57. The number of hydrogen-bond donors (Lipinski definition) is 1. The summed E-state index contributed by atoms with van der Waals surface area (Å²) in [6.07, 6.45) is 2.19. The second-order valence-corrected chi connectivity index (χ2v) is 4.58. The summed E-state index contributed by atoms with van der Waals surface area (Å²) in [5.74, 6) is -0.217. The maximum absolute atomic E-state index is 13.3. The maximum atomic E-state index is 13.3. The number of para-hydroxylation sites is 1. The molecular weight excluding hydrogens is 219 g/mol. The van der Waals surface area contributed by atoms with Crippen LogP contribution in [0.1, 0.15) is 19.8 Å². The van der Waals surface area contributed by atoms with Crippen molar-refractivity contribution < 1.29 is 9.13 Å². The number of nitriles is 1. The fraction of sp³-hybridized carbons (Fsp3) is 0.462. The standard InChI is InChI=1S/C13H15FN2O/c1-13(8-15,16-10-6-7-10)9-17-12-5-3-2-4-11(12)14/h2-5,10,16H,6-7,9H2,1H3. The van der Waals surface area contributed by atoms with Gasteiger partial charge in [-0.05, 0) is 31.9 Å². The monoisotopic (exact) mass is 234 g/mol. The largest absolute Gasteiger partial charge is 0.487 e. The zero-order chi connectivity index (χ0) is 12.3. The van der Waals surface area contributed by atoms with Gasteiger partial charge in [-0.25, -0.2) is 4.39 Å². The number of rotatable bonds is 5. The van der Waals surface area contributed by atoms with Gasteiger partial charge in [-0.1, -0.05) is 12.1 Å². The Kier molecular flexibility index (Phi) is 3.30. The zero-order valence-electron chi connectivity index (χ0n) is 9.74. The van der Waals surface area contributed by atoms with E-state index < -0.39 is 11.4 Å². The van der Waals surface area contributed by atoms with Gasteiger partial charge in [0.2, 0.25) is 0 Å². The van der Waals surface area contributed by atoms with Gasteiger partial charge in [0.25, 0.3) is 0 Å². The number of ether oxygens (including phenoxy) is 1. The molecule has 1 aromatic carbocycles. The van der Waals surface area contributed by atoms with E-state index >= 15 is 0 Å². The molecule has 1 unspecified atom stereocenters. The average Bonchev–Trinajstić information content (AvgIpc) is 3.12. The number of hydrogen-bond acceptors (Lipinski definition) is 3. The highest BCUT2D eigenvalue weighted by Crippen LogP contribution is 2.23. The van der Waals surface area contributed by atoms with Gasteiger partial charge in [-0.3, -0.25) is 5.32 Å². The van der Waals surface area contributed by atoms with Gasteiger partial charge >= 0.3 is 0 Å². The minimum absolute atomic E-state index is 0.140. The molecule has 1 atom stereocenters. The molecule has 0 saturated heterocycles. The van der Waals surface area contributed by atoms with E-state index in [-0.39, 0.29) is 12.4 Å². The van der Waals surface area contributed by atoms with Crippen molar-refractivity contribution in [1.29, 1.82) is 5.26 Å². The highest BCUT2D eigenvalue weighted by Gasteiger charge is 2.33. The number of halogens is 1. The van der Waals surface area contributed by atoms with Crippen LogP contribution in [0.3, 0.4) is 0 Å². The molecule has 0 heterocycles. The lowest BCUT2D eigenvalue weighted by molar-refractivity contribution is 0.224. The second-order valence-electron chi connectivity index (χ2n) is 4.58. The van der Waals surface area contributed by atoms with Crippen molar-refractivity contribution in [2.75, 3.05) is 6.61 Å². The Hall–Kier alpha value is -1.60. The van der Waals surface area contributed by atoms with Crippen LogP contribution in [0.2, 0.25) is 0 Å². The average molecular weight is 234 g/mol. The van der Waals surface area contributed by atoms with E-state index in [1.807, 2.05) is 0 Å². The summed E-state index contributed by atoms with van der Waals surface area (Å²) in [7, 11) is 0. The molecule has 90 valence electrons. The summed E-state index contributed by atoms with van der Waals surface area (Å²) in [5.41, 5.74) is -0.760.